The van der Waals surface area contributed by atoms with E-state index in [9.17, 15) is 16.8 Å². The van der Waals surface area contributed by atoms with Gasteiger partial charge in [0.25, 0.3) is 20.0 Å². The molecular weight excluding hydrogens is 516 g/mol. The van der Waals surface area contributed by atoms with Gasteiger partial charge in [-0.15, -0.1) is 0 Å². The fourth-order valence-electron chi connectivity index (χ4n) is 4.77. The maximum absolute atomic E-state index is 13.7. The molecule has 0 saturated carbocycles. The average Bonchev–Trinajstić information content (AvgIpc) is 3.49. The van der Waals surface area contributed by atoms with E-state index in [0.29, 0.717) is 32.9 Å². The van der Waals surface area contributed by atoms with Gasteiger partial charge in [-0.3, -0.25) is 0 Å². The third-order valence-electron chi connectivity index (χ3n) is 6.80. The number of para-hydroxylation sites is 2. The maximum Gasteiger partial charge on any atom is 0.268 e. The first-order valence-electron chi connectivity index (χ1n) is 12.0. The van der Waals surface area contributed by atoms with Crippen LogP contribution in [0.4, 0.5) is 0 Å². The summed E-state index contributed by atoms with van der Waals surface area (Å²) in [5.74, 6) is 0. The molecule has 0 atom stereocenters. The lowest BCUT2D eigenvalue weighted by Crippen LogP contribution is -2.11. The highest BCUT2D eigenvalue weighted by atomic mass is 32.2. The molecular formula is C30H24N2O4S2. The maximum atomic E-state index is 13.7. The van der Waals surface area contributed by atoms with Gasteiger partial charge in [0.15, 0.2) is 0 Å². The molecule has 0 unspecified atom stereocenters. The summed E-state index contributed by atoms with van der Waals surface area (Å²) in [4.78, 5) is 0.361. The van der Waals surface area contributed by atoms with Crippen LogP contribution in [-0.2, 0) is 20.0 Å². The number of aromatic nitrogens is 2. The van der Waals surface area contributed by atoms with Crippen LogP contribution >= 0.6 is 0 Å². The van der Waals surface area contributed by atoms with E-state index in [1.807, 2.05) is 38.1 Å². The summed E-state index contributed by atoms with van der Waals surface area (Å²) in [5.41, 5.74) is 4.22. The molecule has 0 N–H and O–H groups in total. The van der Waals surface area contributed by atoms with E-state index in [-0.39, 0.29) is 9.79 Å². The summed E-state index contributed by atoms with van der Waals surface area (Å²) in [5, 5.41) is 1.41. The van der Waals surface area contributed by atoms with Gasteiger partial charge >= 0.3 is 0 Å². The summed E-state index contributed by atoms with van der Waals surface area (Å²) in [7, 11) is -7.80. The predicted octanol–water partition coefficient (Wildman–Crippen LogP) is 6.35. The lowest BCUT2D eigenvalue weighted by atomic mass is 10.0. The van der Waals surface area contributed by atoms with E-state index in [4.69, 9.17) is 0 Å². The molecule has 6 aromatic rings. The van der Waals surface area contributed by atoms with Gasteiger partial charge in [-0.25, -0.2) is 24.8 Å². The van der Waals surface area contributed by atoms with Crippen LogP contribution in [0.15, 0.2) is 119 Å². The van der Waals surface area contributed by atoms with Crippen LogP contribution < -0.4 is 0 Å². The zero-order chi connectivity index (χ0) is 26.7. The molecule has 0 radical (unpaired) electrons. The highest BCUT2D eigenvalue weighted by Crippen LogP contribution is 2.39. The standard InChI is InChI=1S/C30H24N2O4S2/c1-21-11-15-23(16-12-21)37(33,34)31-19-27(25-7-3-5-9-29(25)31)28-20-32(30-10-6-4-8-26(28)30)38(35,36)24-17-13-22(2)14-18-24/h3-20H,1-2H3. The van der Waals surface area contributed by atoms with Gasteiger partial charge in [0, 0.05) is 34.3 Å². The first kappa shape index (κ1) is 24.2. The van der Waals surface area contributed by atoms with E-state index in [1.165, 1.54) is 7.94 Å². The van der Waals surface area contributed by atoms with Crippen molar-refractivity contribution in [3.05, 3.63) is 121 Å². The van der Waals surface area contributed by atoms with Crippen molar-refractivity contribution in [3.63, 3.8) is 0 Å². The van der Waals surface area contributed by atoms with Gasteiger partial charge in [0.05, 0.1) is 20.8 Å². The minimum atomic E-state index is -3.90. The Morgan fingerprint density at radius 1 is 0.474 bits per heavy atom. The molecule has 2 aromatic heterocycles. The lowest BCUT2D eigenvalue weighted by molar-refractivity contribution is 0.587. The second-order valence-electron chi connectivity index (χ2n) is 9.35. The summed E-state index contributed by atoms with van der Waals surface area (Å²) >= 11 is 0. The Bertz CT molecular complexity index is 1900. The number of aryl methyl sites for hydroxylation is 2. The number of hydrogen-bond donors (Lipinski definition) is 0. The summed E-state index contributed by atoms with van der Waals surface area (Å²) < 4.78 is 57.4. The normalized spacial score (nSPS) is 12.4. The molecule has 190 valence electrons. The Labute approximate surface area is 221 Å². The van der Waals surface area contributed by atoms with Crippen molar-refractivity contribution in [1.29, 1.82) is 0 Å². The molecule has 6 rings (SSSR count). The zero-order valence-electron chi connectivity index (χ0n) is 20.7. The predicted molar refractivity (Wildman–Crippen MR) is 150 cm³/mol. The second kappa shape index (κ2) is 8.72. The van der Waals surface area contributed by atoms with Gasteiger partial charge in [-0.05, 0) is 50.2 Å². The summed E-state index contributed by atoms with van der Waals surface area (Å²) in [6.45, 7) is 3.81. The molecule has 0 saturated heterocycles. The van der Waals surface area contributed by atoms with Gasteiger partial charge in [-0.2, -0.15) is 0 Å². The van der Waals surface area contributed by atoms with Crippen molar-refractivity contribution in [1.82, 2.24) is 7.94 Å². The van der Waals surface area contributed by atoms with Crippen LogP contribution in [0.5, 0.6) is 0 Å². The molecule has 0 bridgehead atoms. The largest absolute Gasteiger partial charge is 0.268 e. The molecule has 0 amide bonds. The van der Waals surface area contributed by atoms with Crippen LogP contribution in [0.1, 0.15) is 11.1 Å². The molecule has 0 aliphatic carbocycles. The van der Waals surface area contributed by atoms with Crippen molar-refractivity contribution in [2.24, 2.45) is 0 Å². The van der Waals surface area contributed by atoms with Crippen LogP contribution in [0, 0.1) is 13.8 Å². The number of benzene rings is 4. The van der Waals surface area contributed by atoms with Crippen molar-refractivity contribution in [2.45, 2.75) is 23.6 Å². The molecule has 0 spiro atoms. The van der Waals surface area contributed by atoms with Crippen LogP contribution in [0.25, 0.3) is 32.9 Å². The van der Waals surface area contributed by atoms with Crippen molar-refractivity contribution in [2.75, 3.05) is 0 Å². The first-order chi connectivity index (χ1) is 18.2. The number of rotatable bonds is 5. The fourth-order valence-corrected chi connectivity index (χ4v) is 7.51. The van der Waals surface area contributed by atoms with Gasteiger partial charge in [0.1, 0.15) is 0 Å². The van der Waals surface area contributed by atoms with Crippen molar-refractivity contribution >= 4 is 41.9 Å². The zero-order valence-corrected chi connectivity index (χ0v) is 22.4. The lowest BCUT2D eigenvalue weighted by Gasteiger charge is -2.07. The Morgan fingerprint density at radius 2 is 0.816 bits per heavy atom. The first-order valence-corrected chi connectivity index (χ1v) is 14.9. The van der Waals surface area contributed by atoms with Crippen LogP contribution in [-0.4, -0.2) is 24.8 Å². The van der Waals surface area contributed by atoms with Crippen molar-refractivity contribution in [3.8, 4) is 11.1 Å². The third kappa shape index (κ3) is 3.76. The van der Waals surface area contributed by atoms with Crippen molar-refractivity contribution < 1.29 is 16.8 Å². The molecule has 6 nitrogen and oxygen atoms in total. The summed E-state index contributed by atoms with van der Waals surface area (Å²) in [6.07, 6.45) is 3.18. The Morgan fingerprint density at radius 3 is 1.18 bits per heavy atom. The monoisotopic (exact) mass is 540 g/mol. The minimum absolute atomic E-state index is 0.180. The SMILES string of the molecule is Cc1ccc(S(=O)(=O)n2cc(-c3cn(S(=O)(=O)c4ccc(C)cc4)c4ccccc34)c3ccccc32)cc1. The number of hydrogen-bond acceptors (Lipinski definition) is 4. The molecule has 0 aliphatic rings. The Kier molecular flexibility index (Phi) is 5.55. The van der Waals surface area contributed by atoms with Crippen LogP contribution in [0.2, 0.25) is 0 Å². The van der Waals surface area contributed by atoms with Gasteiger partial charge in [-0.1, -0.05) is 71.8 Å². The fraction of sp³-hybridized carbons (Fsp3) is 0.0667. The smallest absolute Gasteiger partial charge is 0.241 e. The molecule has 4 aromatic carbocycles. The van der Waals surface area contributed by atoms with E-state index >= 15 is 0 Å². The number of fused-ring (bicyclic) bond motifs is 2. The second-order valence-corrected chi connectivity index (χ2v) is 13.0. The molecule has 2 heterocycles. The highest BCUT2D eigenvalue weighted by Gasteiger charge is 2.26. The van der Waals surface area contributed by atoms with E-state index in [2.05, 4.69) is 0 Å². The quantitative estimate of drug-likeness (QED) is 0.255. The third-order valence-corrected chi connectivity index (χ3v) is 10.2. The van der Waals surface area contributed by atoms with E-state index in [0.717, 1.165) is 11.1 Å². The molecule has 0 aliphatic heterocycles. The minimum Gasteiger partial charge on any atom is -0.241 e. The van der Waals surface area contributed by atoms with Gasteiger partial charge < -0.3 is 0 Å². The summed E-state index contributed by atoms with van der Waals surface area (Å²) in [6, 6.07) is 27.9. The van der Waals surface area contributed by atoms with E-state index in [1.54, 1.807) is 85.2 Å². The molecule has 0 fully saturated rings. The Hall–Kier alpha value is -4.14. The number of nitrogens with zero attached hydrogens (tertiary/aromatic N) is 2. The van der Waals surface area contributed by atoms with E-state index < -0.39 is 20.0 Å². The molecule has 38 heavy (non-hydrogen) atoms. The highest BCUT2D eigenvalue weighted by molar-refractivity contribution is 7.90. The average molecular weight is 541 g/mol. The molecule has 8 heteroatoms. The Balaban J connectivity index is 1.61. The van der Waals surface area contributed by atoms with Gasteiger partial charge in [0.2, 0.25) is 0 Å². The topological polar surface area (TPSA) is 78.1 Å². The van der Waals surface area contributed by atoms with Crippen LogP contribution in [0.3, 0.4) is 0 Å².